The summed E-state index contributed by atoms with van der Waals surface area (Å²) in [6.45, 7) is 3.31. The molecule has 1 N–H and O–H groups in total. The third kappa shape index (κ3) is 32.8. The van der Waals surface area contributed by atoms with Gasteiger partial charge in [-0.25, -0.2) is 0 Å². The second-order valence-corrected chi connectivity index (χ2v) is 1.30. The van der Waals surface area contributed by atoms with Crippen LogP contribution in [0, 0.1) is 0 Å². The predicted molar refractivity (Wildman–Crippen MR) is 36.5 cm³/mol. The molecule has 3 nitrogen and oxygen atoms in total. The molecule has 0 amide bonds. The lowest BCUT2D eigenvalue weighted by atomic mass is 10.8. The van der Waals surface area contributed by atoms with Crippen LogP contribution < -0.4 is 0 Å². The van der Waals surface area contributed by atoms with Gasteiger partial charge in [-0.3, -0.25) is 0 Å². The Morgan fingerprint density at radius 3 is 1.44 bits per heavy atom. The Morgan fingerprint density at radius 1 is 1.11 bits per heavy atom. The first-order valence-electron chi connectivity index (χ1n) is 2.92. The first-order valence-corrected chi connectivity index (χ1v) is 2.92. The fourth-order valence-electron chi connectivity index (χ4n) is 0.167. The van der Waals surface area contributed by atoms with Crippen molar-refractivity contribution in [3.8, 4) is 0 Å². The van der Waals surface area contributed by atoms with E-state index in [0.29, 0.717) is 13.2 Å². The number of hydrogen-bond donors (Lipinski definition) is 1. The lowest BCUT2D eigenvalue weighted by Crippen LogP contribution is -1.96. The number of rotatable bonds is 3. The third-order valence-corrected chi connectivity index (χ3v) is 0.492. The average molecular weight is 136 g/mol. The molecule has 0 spiro atoms. The number of hydrogen-bond acceptors (Lipinski definition) is 3. The van der Waals surface area contributed by atoms with Gasteiger partial charge in [0.25, 0.3) is 0 Å². The minimum Gasteiger partial charge on any atom is -0.397 e. The summed E-state index contributed by atoms with van der Waals surface area (Å²) < 4.78 is 9.31. The summed E-state index contributed by atoms with van der Waals surface area (Å²) in [7, 11) is 3.30. The Morgan fingerprint density at radius 2 is 1.33 bits per heavy atom. The van der Waals surface area contributed by atoms with Gasteiger partial charge in [0.1, 0.15) is 0 Å². The molecule has 0 atom stereocenters. The zero-order valence-corrected chi connectivity index (χ0v) is 6.39. The first-order chi connectivity index (χ1) is 4.33. The zero-order chi connectivity index (χ0) is 7.54. The van der Waals surface area contributed by atoms with E-state index in [-0.39, 0.29) is 6.61 Å². The Labute approximate surface area is 56.6 Å². The summed E-state index contributed by atoms with van der Waals surface area (Å²) in [5, 5.41) is 7.57. The van der Waals surface area contributed by atoms with Gasteiger partial charge in [0, 0.05) is 20.8 Å². The molecule has 0 aliphatic carbocycles. The topological polar surface area (TPSA) is 38.7 Å². The molecule has 9 heavy (non-hydrogen) atoms. The molecule has 0 unspecified atom stereocenters. The highest BCUT2D eigenvalue weighted by Crippen LogP contribution is 1.65. The maximum absolute atomic E-state index is 7.57. The predicted octanol–water partition coefficient (Wildman–Crippen LogP) is 0.278. The number of aliphatic hydroxyl groups is 1. The van der Waals surface area contributed by atoms with Crippen molar-refractivity contribution in [1.29, 1.82) is 0 Å². The largest absolute Gasteiger partial charge is 0.397 e. The van der Waals surface area contributed by atoms with E-state index in [1.54, 1.807) is 21.1 Å². The Hall–Kier alpha value is -0.120. The normalized spacial score (nSPS) is 8.00. The van der Waals surface area contributed by atoms with Crippen molar-refractivity contribution in [2.75, 3.05) is 34.0 Å². The van der Waals surface area contributed by atoms with Crippen molar-refractivity contribution in [3.63, 3.8) is 0 Å². The van der Waals surface area contributed by atoms with Gasteiger partial charge in [-0.1, -0.05) is 0 Å². The van der Waals surface area contributed by atoms with Gasteiger partial charge in [-0.2, -0.15) is 0 Å². The minimum atomic E-state index is 0.250. The highest BCUT2D eigenvalue weighted by Gasteiger charge is 1.73. The molecule has 0 aromatic carbocycles. The van der Waals surface area contributed by atoms with Gasteiger partial charge in [0.15, 0.2) is 0 Å². The second-order valence-electron chi connectivity index (χ2n) is 1.30. The lowest BCUT2D eigenvalue weighted by Gasteiger charge is -1.91. The third-order valence-electron chi connectivity index (χ3n) is 0.492. The molecule has 0 saturated heterocycles. The van der Waals surface area contributed by atoms with Crippen molar-refractivity contribution in [2.45, 2.75) is 6.92 Å². The fourth-order valence-corrected chi connectivity index (χ4v) is 0.167. The van der Waals surface area contributed by atoms with Crippen LogP contribution >= 0.6 is 0 Å². The van der Waals surface area contributed by atoms with E-state index in [1.807, 2.05) is 0 Å². The highest BCUT2D eigenvalue weighted by atomic mass is 16.5. The van der Waals surface area contributed by atoms with E-state index in [2.05, 4.69) is 9.47 Å². The maximum Gasteiger partial charge on any atom is 0.0696 e. The number of aliphatic hydroxyl groups excluding tert-OH is 1. The zero-order valence-electron chi connectivity index (χ0n) is 6.39. The van der Waals surface area contributed by atoms with Gasteiger partial charge in [0.05, 0.1) is 13.2 Å². The molecule has 0 radical (unpaired) electrons. The molecule has 0 bridgehead atoms. The molecule has 0 saturated carbocycles. The molecule has 3 heteroatoms. The van der Waals surface area contributed by atoms with Crippen molar-refractivity contribution in [2.24, 2.45) is 0 Å². The SMILES string of the molecule is CCO.COCCOC. The molecule has 0 heterocycles. The lowest BCUT2D eigenvalue weighted by molar-refractivity contribution is 0.103. The molecule has 0 aliphatic heterocycles. The quantitative estimate of drug-likeness (QED) is 0.566. The van der Waals surface area contributed by atoms with E-state index in [0.717, 1.165) is 0 Å². The van der Waals surface area contributed by atoms with Gasteiger partial charge < -0.3 is 14.6 Å². The Bertz CT molecular complexity index is 27.5. The van der Waals surface area contributed by atoms with E-state index >= 15 is 0 Å². The molecule has 0 aliphatic rings. The van der Waals surface area contributed by atoms with Crippen LogP contribution in [0.1, 0.15) is 6.92 Å². The van der Waals surface area contributed by atoms with E-state index in [9.17, 15) is 0 Å². The monoisotopic (exact) mass is 136 g/mol. The minimum absolute atomic E-state index is 0.250. The molecule has 0 aromatic rings. The van der Waals surface area contributed by atoms with Crippen molar-refractivity contribution in [3.05, 3.63) is 0 Å². The van der Waals surface area contributed by atoms with E-state index in [1.165, 1.54) is 0 Å². The smallest absolute Gasteiger partial charge is 0.0696 e. The van der Waals surface area contributed by atoms with Crippen LogP contribution in [0.4, 0.5) is 0 Å². The molecular weight excluding hydrogens is 120 g/mol. The summed E-state index contributed by atoms with van der Waals surface area (Å²) >= 11 is 0. The summed E-state index contributed by atoms with van der Waals surface area (Å²) in [5.74, 6) is 0. The first kappa shape index (κ1) is 11.6. The summed E-state index contributed by atoms with van der Waals surface area (Å²) in [5.41, 5.74) is 0. The summed E-state index contributed by atoms with van der Waals surface area (Å²) in [6.07, 6.45) is 0. The van der Waals surface area contributed by atoms with Gasteiger partial charge in [-0.15, -0.1) is 0 Å². The van der Waals surface area contributed by atoms with E-state index in [4.69, 9.17) is 5.11 Å². The van der Waals surface area contributed by atoms with Crippen LogP contribution in [0.15, 0.2) is 0 Å². The van der Waals surface area contributed by atoms with E-state index < -0.39 is 0 Å². The van der Waals surface area contributed by atoms with Crippen molar-refractivity contribution >= 4 is 0 Å². The van der Waals surface area contributed by atoms with Gasteiger partial charge in [0.2, 0.25) is 0 Å². The Balaban J connectivity index is 0. The van der Waals surface area contributed by atoms with Crippen molar-refractivity contribution < 1.29 is 14.6 Å². The Kier molecular flexibility index (Phi) is 20.3. The molecule has 58 valence electrons. The summed E-state index contributed by atoms with van der Waals surface area (Å²) in [6, 6.07) is 0. The number of methoxy groups -OCH3 is 2. The van der Waals surface area contributed by atoms with Crippen LogP contribution in [-0.4, -0.2) is 39.1 Å². The van der Waals surface area contributed by atoms with Crippen LogP contribution in [0.2, 0.25) is 0 Å². The van der Waals surface area contributed by atoms with Gasteiger partial charge >= 0.3 is 0 Å². The van der Waals surface area contributed by atoms with Crippen LogP contribution in [0.5, 0.6) is 0 Å². The number of ether oxygens (including phenoxy) is 2. The van der Waals surface area contributed by atoms with Crippen molar-refractivity contribution in [1.82, 2.24) is 0 Å². The molecule has 0 aromatic heterocycles. The standard InChI is InChI=1S/C4H10O2.C2H6O/c1-5-3-4-6-2;1-2-3/h3-4H2,1-2H3;3H,2H2,1H3. The van der Waals surface area contributed by atoms with Crippen LogP contribution in [0.3, 0.4) is 0 Å². The second kappa shape index (κ2) is 15.7. The average Bonchev–Trinajstić information content (AvgIpc) is 1.86. The maximum atomic E-state index is 7.57. The van der Waals surface area contributed by atoms with Gasteiger partial charge in [-0.05, 0) is 6.92 Å². The summed E-state index contributed by atoms with van der Waals surface area (Å²) in [4.78, 5) is 0. The molecule has 0 rings (SSSR count). The molecule has 0 fully saturated rings. The fraction of sp³-hybridized carbons (Fsp3) is 1.00. The highest BCUT2D eigenvalue weighted by molar-refractivity contribution is 4.17. The molecular formula is C6H16O3. The van der Waals surface area contributed by atoms with Crippen LogP contribution in [-0.2, 0) is 9.47 Å². The van der Waals surface area contributed by atoms with Crippen LogP contribution in [0.25, 0.3) is 0 Å².